The second-order valence-corrected chi connectivity index (χ2v) is 3.82. The smallest absolute Gasteiger partial charge is 0 e. The summed E-state index contributed by atoms with van der Waals surface area (Å²) in [6.07, 6.45) is 4.05. The van der Waals surface area contributed by atoms with Crippen LogP contribution in [0.5, 0.6) is 11.5 Å². The van der Waals surface area contributed by atoms with E-state index in [-0.39, 0.29) is 33.6 Å². The molecule has 0 aromatic heterocycles. The fourth-order valence-electron chi connectivity index (χ4n) is 1.79. The summed E-state index contributed by atoms with van der Waals surface area (Å²) in [7, 11) is 3.35. The number of ether oxygens (including phenoxy) is 2. The van der Waals surface area contributed by atoms with Gasteiger partial charge in [-0.25, -0.2) is 12.8 Å². The molecule has 2 radical (unpaired) electrons. The van der Waals surface area contributed by atoms with Crippen molar-refractivity contribution in [3.63, 3.8) is 0 Å². The van der Waals surface area contributed by atoms with Gasteiger partial charge in [0.25, 0.3) is 0 Å². The van der Waals surface area contributed by atoms with E-state index < -0.39 is 0 Å². The molecule has 0 N–H and O–H groups in total. The first-order valence-electron chi connectivity index (χ1n) is 7.01. The molecule has 0 aliphatic carbocycles. The number of benzene rings is 2. The van der Waals surface area contributed by atoms with Crippen molar-refractivity contribution in [1.82, 2.24) is 0 Å². The molecule has 0 saturated heterocycles. The monoisotopic (exact) mass is 526 g/mol. The molecule has 0 spiro atoms. The molecular formula is C22H16Co2O8. The molecular weight excluding hydrogens is 510 g/mol. The number of hydrogen-bond acceptors (Lipinski definition) is 2. The summed E-state index contributed by atoms with van der Waals surface area (Å²) in [5.74, 6) is 1.73. The second-order valence-electron chi connectivity index (χ2n) is 3.82. The van der Waals surface area contributed by atoms with Crippen molar-refractivity contribution in [3.05, 3.63) is 112 Å². The zero-order valence-corrected chi connectivity index (χ0v) is 18.8. The molecule has 0 aliphatic rings. The molecule has 2 aromatic rings. The SMILES string of the molecule is COc1ccccc1[CH-][CH-]c1ccccc1OC.[C-]#[O+].[C-]#[O+].[C-]#[O+].[C-]#[O+].[C-]#[O+].[C-]#[O+].[Co+2].[Co]. The Morgan fingerprint density at radius 1 is 0.531 bits per heavy atom. The molecule has 0 amide bonds. The van der Waals surface area contributed by atoms with Crippen LogP contribution in [-0.2, 0) is 61.5 Å². The first kappa shape index (κ1) is 47.1. The number of para-hydroxylation sites is 2. The molecule has 0 heterocycles. The third-order valence-corrected chi connectivity index (χ3v) is 2.72. The van der Waals surface area contributed by atoms with Crippen LogP contribution in [-0.4, -0.2) is 14.2 Å². The maximum absolute atomic E-state index is 7.50. The maximum atomic E-state index is 7.50. The zero-order chi connectivity index (χ0) is 24.8. The molecule has 170 valence electrons. The first-order chi connectivity index (χ1) is 14.8. The van der Waals surface area contributed by atoms with E-state index in [1.54, 1.807) is 14.2 Å². The van der Waals surface area contributed by atoms with Crippen molar-refractivity contribution in [1.29, 1.82) is 0 Å². The Morgan fingerprint density at radius 2 is 0.750 bits per heavy atom. The summed E-state index contributed by atoms with van der Waals surface area (Å²) in [5.41, 5.74) is 2.09. The van der Waals surface area contributed by atoms with Crippen molar-refractivity contribution < 1.29 is 70.9 Å². The van der Waals surface area contributed by atoms with Gasteiger partial charge in [-0.3, -0.25) is 0 Å². The van der Waals surface area contributed by atoms with Gasteiger partial charge in [0.2, 0.25) is 0 Å². The minimum atomic E-state index is 0. The Labute approximate surface area is 208 Å². The van der Waals surface area contributed by atoms with E-state index in [1.807, 2.05) is 61.4 Å². The molecule has 0 aliphatic heterocycles. The normalized spacial score (nSPS) is 5.81. The number of rotatable bonds is 5. The van der Waals surface area contributed by atoms with E-state index >= 15 is 0 Å². The largest absolute Gasteiger partial charge is 2.00 e. The van der Waals surface area contributed by atoms with Crippen molar-refractivity contribution in [3.8, 4) is 11.5 Å². The summed E-state index contributed by atoms with van der Waals surface area (Å²) >= 11 is 0. The van der Waals surface area contributed by atoms with Gasteiger partial charge in [-0.2, -0.15) is 23.3 Å². The predicted molar refractivity (Wildman–Crippen MR) is 96.4 cm³/mol. The third kappa shape index (κ3) is 23.5. The Morgan fingerprint density at radius 3 is 0.969 bits per heavy atom. The summed E-state index contributed by atoms with van der Waals surface area (Å²) in [6, 6.07) is 15.8. The minimum absolute atomic E-state index is 0. The maximum Gasteiger partial charge on any atom is 2.00 e. The first-order valence-corrected chi connectivity index (χ1v) is 7.01. The standard InChI is InChI=1S/C16H16O2.6CO.2Co/c1-17-15-9-5-3-7-13(15)11-12-14-8-4-6-10-16(14)18-2;6*1-2;;/h3-12H,1-2H3;;;;;;;;/q-2;;;;;;;;+2. The predicted octanol–water partition coefficient (Wildman–Crippen LogP) is 3.28. The summed E-state index contributed by atoms with van der Waals surface area (Å²) in [6.45, 7) is 27.0. The topological polar surface area (TPSA) is 138 Å². The Bertz CT molecular complexity index is 671. The van der Waals surface area contributed by atoms with Gasteiger partial charge < -0.3 is 9.47 Å². The number of hydrogen-bond donors (Lipinski definition) is 0. The molecule has 32 heavy (non-hydrogen) atoms. The van der Waals surface area contributed by atoms with Crippen LogP contribution in [0.1, 0.15) is 11.1 Å². The summed E-state index contributed by atoms with van der Waals surface area (Å²) < 4.78 is 55.6. The molecule has 2 aromatic carbocycles. The van der Waals surface area contributed by atoms with E-state index in [0.717, 1.165) is 22.6 Å². The van der Waals surface area contributed by atoms with E-state index in [4.69, 9.17) is 37.4 Å². The molecule has 0 unspecified atom stereocenters. The van der Waals surface area contributed by atoms with Gasteiger partial charge in [0, 0.05) is 28.3 Å². The van der Waals surface area contributed by atoms with Gasteiger partial charge in [0.1, 0.15) is 0 Å². The molecule has 2 rings (SSSR count). The van der Waals surface area contributed by atoms with Crippen molar-refractivity contribution in [2.24, 2.45) is 0 Å². The molecule has 0 atom stereocenters. The van der Waals surface area contributed by atoms with Gasteiger partial charge in [-0.15, -0.1) is 12.1 Å². The van der Waals surface area contributed by atoms with Gasteiger partial charge in [0.05, 0.1) is 14.2 Å². The van der Waals surface area contributed by atoms with E-state index in [9.17, 15) is 0 Å². The van der Waals surface area contributed by atoms with Crippen LogP contribution in [0.25, 0.3) is 0 Å². The van der Waals surface area contributed by atoms with Crippen LogP contribution in [0.2, 0.25) is 0 Å². The molecule has 0 bridgehead atoms. The van der Waals surface area contributed by atoms with E-state index in [0.29, 0.717) is 0 Å². The second kappa shape index (κ2) is 46.4. The quantitative estimate of drug-likeness (QED) is 0.436. The van der Waals surface area contributed by atoms with Crippen LogP contribution in [0.3, 0.4) is 0 Å². The molecule has 0 saturated carbocycles. The molecule has 10 heteroatoms. The van der Waals surface area contributed by atoms with Gasteiger partial charge in [-0.1, -0.05) is 24.3 Å². The van der Waals surface area contributed by atoms with Crippen LogP contribution in [0.4, 0.5) is 0 Å². The fraction of sp³-hybridized carbons (Fsp3) is 0.0909. The number of methoxy groups -OCH3 is 2. The van der Waals surface area contributed by atoms with Crippen LogP contribution >= 0.6 is 0 Å². The Balaban J connectivity index is -0.0000000779. The summed E-state index contributed by atoms with van der Waals surface area (Å²) in [5, 5.41) is 0. The minimum Gasteiger partial charge on any atom is 0 e. The van der Waals surface area contributed by atoms with Gasteiger partial charge >= 0.3 is 84.6 Å². The molecule has 8 nitrogen and oxygen atoms in total. The average molecular weight is 526 g/mol. The summed E-state index contributed by atoms with van der Waals surface area (Å²) in [4.78, 5) is 0. The fourth-order valence-corrected chi connectivity index (χ4v) is 1.79. The Kier molecular flexibility index (Phi) is 68.4. The van der Waals surface area contributed by atoms with Gasteiger partial charge in [-0.05, 0) is 0 Å². The van der Waals surface area contributed by atoms with Crippen LogP contribution in [0, 0.1) is 52.7 Å². The van der Waals surface area contributed by atoms with Crippen LogP contribution < -0.4 is 9.47 Å². The van der Waals surface area contributed by atoms with Gasteiger partial charge in [0.15, 0.2) is 0 Å². The van der Waals surface area contributed by atoms with E-state index in [1.165, 1.54) is 0 Å². The van der Waals surface area contributed by atoms with E-state index in [2.05, 4.69) is 39.9 Å². The third-order valence-electron chi connectivity index (χ3n) is 2.72. The van der Waals surface area contributed by atoms with Crippen LogP contribution in [0.15, 0.2) is 48.5 Å². The van der Waals surface area contributed by atoms with Crippen molar-refractivity contribution in [2.45, 2.75) is 0 Å². The zero-order valence-electron chi connectivity index (χ0n) is 16.7. The van der Waals surface area contributed by atoms with Crippen molar-refractivity contribution >= 4 is 0 Å². The molecule has 0 fully saturated rings. The van der Waals surface area contributed by atoms with Crippen molar-refractivity contribution in [2.75, 3.05) is 14.2 Å². The Hall–Kier alpha value is -2.77. The average Bonchev–Trinajstić information content (AvgIpc) is 2.90.